The minimum absolute atomic E-state index is 0.0194. The van der Waals surface area contributed by atoms with Gasteiger partial charge in [0.05, 0.1) is 40.4 Å². The zero-order valence-electron chi connectivity index (χ0n) is 22.1. The van der Waals surface area contributed by atoms with Crippen molar-refractivity contribution in [1.82, 2.24) is 23.7 Å². The standard InChI is InChI=1S/C28H37N5O2Si/c1-27(2,3)36(4,5)35-28(13-14-28)15-17-31-22-9-7-6-8-21(22)30-25(31)19-32-24-18-29-16-12-23(24)33(26(32)34)20-10-11-20/h6-9,12,16,18,20H,10-11,13-15,17,19H2,1-5H3. The van der Waals surface area contributed by atoms with E-state index < -0.39 is 8.32 Å². The van der Waals surface area contributed by atoms with Gasteiger partial charge >= 0.3 is 5.69 Å². The molecule has 1 aromatic carbocycles. The molecular formula is C28H37N5O2Si. The van der Waals surface area contributed by atoms with Gasteiger partial charge in [-0.3, -0.25) is 14.1 Å². The summed E-state index contributed by atoms with van der Waals surface area (Å²) in [6, 6.07) is 10.6. The van der Waals surface area contributed by atoms with Crippen LogP contribution in [0.15, 0.2) is 47.5 Å². The molecule has 0 N–H and O–H groups in total. The molecular weight excluding hydrogens is 466 g/mol. The molecule has 7 nitrogen and oxygen atoms in total. The van der Waals surface area contributed by atoms with E-state index in [-0.39, 0.29) is 16.3 Å². The van der Waals surface area contributed by atoms with Gasteiger partial charge in [-0.2, -0.15) is 0 Å². The molecule has 2 aliphatic rings. The minimum atomic E-state index is -1.85. The van der Waals surface area contributed by atoms with Gasteiger partial charge in [0, 0.05) is 18.8 Å². The number of pyridine rings is 1. The summed E-state index contributed by atoms with van der Waals surface area (Å²) in [6.07, 6.45) is 8.94. The van der Waals surface area contributed by atoms with Gasteiger partial charge < -0.3 is 8.99 Å². The number of hydrogen-bond donors (Lipinski definition) is 0. The lowest BCUT2D eigenvalue weighted by Crippen LogP contribution is -2.45. The molecule has 190 valence electrons. The van der Waals surface area contributed by atoms with Crippen molar-refractivity contribution >= 4 is 30.4 Å². The minimum Gasteiger partial charge on any atom is -0.411 e. The summed E-state index contributed by atoms with van der Waals surface area (Å²) >= 11 is 0. The van der Waals surface area contributed by atoms with Gasteiger partial charge in [0.2, 0.25) is 0 Å². The molecule has 0 unspecified atom stereocenters. The van der Waals surface area contributed by atoms with E-state index in [1.165, 1.54) is 0 Å². The van der Waals surface area contributed by atoms with E-state index in [0.29, 0.717) is 12.6 Å². The van der Waals surface area contributed by atoms with Crippen LogP contribution in [0.1, 0.15) is 64.7 Å². The van der Waals surface area contributed by atoms with E-state index in [4.69, 9.17) is 9.41 Å². The molecule has 0 atom stereocenters. The van der Waals surface area contributed by atoms with Gasteiger partial charge in [0.15, 0.2) is 8.32 Å². The summed E-state index contributed by atoms with van der Waals surface area (Å²) in [4.78, 5) is 22.9. The second-order valence-corrected chi connectivity index (χ2v) is 17.0. The summed E-state index contributed by atoms with van der Waals surface area (Å²) in [7, 11) is -1.85. The zero-order chi connectivity index (χ0) is 25.3. The van der Waals surface area contributed by atoms with Crippen molar-refractivity contribution in [2.75, 3.05) is 0 Å². The number of benzene rings is 1. The van der Waals surface area contributed by atoms with Crippen LogP contribution in [0.5, 0.6) is 0 Å². The van der Waals surface area contributed by atoms with Gasteiger partial charge in [-0.05, 0) is 68.4 Å². The van der Waals surface area contributed by atoms with Crippen LogP contribution in [-0.4, -0.2) is 37.6 Å². The van der Waals surface area contributed by atoms with Crippen LogP contribution in [0.4, 0.5) is 0 Å². The first kappa shape index (κ1) is 23.7. The van der Waals surface area contributed by atoms with E-state index in [1.54, 1.807) is 6.20 Å². The Morgan fingerprint density at radius 1 is 1.06 bits per heavy atom. The molecule has 0 saturated heterocycles. The van der Waals surface area contributed by atoms with Gasteiger partial charge in [-0.25, -0.2) is 9.78 Å². The maximum Gasteiger partial charge on any atom is 0.329 e. The number of aryl methyl sites for hydroxylation is 1. The molecule has 0 bridgehead atoms. The highest BCUT2D eigenvalue weighted by Gasteiger charge is 2.51. The first-order valence-corrected chi connectivity index (χ1v) is 16.2. The number of aromatic nitrogens is 5. The van der Waals surface area contributed by atoms with Crippen LogP contribution in [-0.2, 0) is 17.5 Å². The van der Waals surface area contributed by atoms with Gasteiger partial charge in [0.25, 0.3) is 0 Å². The third-order valence-electron chi connectivity index (χ3n) is 8.59. The van der Waals surface area contributed by atoms with E-state index in [1.807, 2.05) is 27.5 Å². The van der Waals surface area contributed by atoms with Gasteiger partial charge in [-0.15, -0.1) is 0 Å². The average molecular weight is 504 g/mol. The highest BCUT2D eigenvalue weighted by molar-refractivity contribution is 6.74. The monoisotopic (exact) mass is 503 g/mol. The number of rotatable bonds is 8. The Morgan fingerprint density at radius 3 is 2.50 bits per heavy atom. The highest BCUT2D eigenvalue weighted by atomic mass is 28.4. The second-order valence-electron chi connectivity index (χ2n) is 12.3. The van der Waals surface area contributed by atoms with E-state index >= 15 is 0 Å². The molecule has 0 spiro atoms. The lowest BCUT2D eigenvalue weighted by Gasteiger charge is -2.39. The number of nitrogens with zero attached hydrogens (tertiary/aromatic N) is 5. The fourth-order valence-corrected chi connectivity index (χ4v) is 6.85. The van der Waals surface area contributed by atoms with E-state index in [9.17, 15) is 4.79 Å². The van der Waals surface area contributed by atoms with Crippen molar-refractivity contribution < 1.29 is 4.43 Å². The molecule has 3 aromatic heterocycles. The third kappa shape index (κ3) is 4.04. The van der Waals surface area contributed by atoms with Crippen molar-refractivity contribution in [2.24, 2.45) is 0 Å². The lowest BCUT2D eigenvalue weighted by molar-refractivity contribution is 0.142. The quantitative estimate of drug-likeness (QED) is 0.282. The predicted octanol–water partition coefficient (Wildman–Crippen LogP) is 5.88. The zero-order valence-corrected chi connectivity index (χ0v) is 23.1. The molecule has 0 aliphatic heterocycles. The molecule has 36 heavy (non-hydrogen) atoms. The topological polar surface area (TPSA) is 66.9 Å². The largest absolute Gasteiger partial charge is 0.411 e. The molecule has 2 fully saturated rings. The summed E-state index contributed by atoms with van der Waals surface area (Å²) < 4.78 is 13.0. The predicted molar refractivity (Wildman–Crippen MR) is 146 cm³/mol. The van der Waals surface area contributed by atoms with E-state index in [2.05, 4.69) is 61.6 Å². The molecule has 4 aromatic rings. The summed E-state index contributed by atoms with van der Waals surface area (Å²) in [6.45, 7) is 12.9. The smallest absolute Gasteiger partial charge is 0.329 e. The van der Waals surface area contributed by atoms with Crippen molar-refractivity contribution in [1.29, 1.82) is 0 Å². The maximum atomic E-state index is 13.5. The molecule has 0 amide bonds. The summed E-state index contributed by atoms with van der Waals surface area (Å²) in [5.41, 5.74) is 3.97. The Balaban J connectivity index is 1.34. The Kier molecular flexibility index (Phi) is 5.36. The van der Waals surface area contributed by atoms with Crippen LogP contribution in [0.25, 0.3) is 22.1 Å². The lowest BCUT2D eigenvalue weighted by atomic mass is 10.2. The van der Waals surface area contributed by atoms with Crippen LogP contribution in [0, 0.1) is 0 Å². The van der Waals surface area contributed by atoms with Crippen molar-refractivity contribution in [3.8, 4) is 0 Å². The third-order valence-corrected chi connectivity index (χ3v) is 13.1. The Bertz CT molecular complexity index is 1500. The molecule has 2 saturated carbocycles. The Labute approximate surface area is 213 Å². The number of hydrogen-bond acceptors (Lipinski definition) is 4. The highest BCUT2D eigenvalue weighted by Crippen LogP contribution is 2.50. The number of imidazole rings is 2. The Morgan fingerprint density at radius 2 is 1.81 bits per heavy atom. The fraction of sp³-hybridized carbons (Fsp3) is 0.536. The first-order valence-electron chi connectivity index (χ1n) is 13.3. The van der Waals surface area contributed by atoms with Crippen molar-refractivity contribution in [2.45, 2.75) is 95.7 Å². The summed E-state index contributed by atoms with van der Waals surface area (Å²) in [5.74, 6) is 0.917. The molecule has 8 heteroatoms. The normalized spacial score (nSPS) is 17.8. The number of fused-ring (bicyclic) bond motifs is 2. The SMILES string of the molecule is CC(C)(C)[Si](C)(C)OC1(CCn2c(Cn3c(=O)n(C4CC4)c4ccncc43)nc3ccccc32)CC1. The van der Waals surface area contributed by atoms with Crippen LogP contribution >= 0.6 is 0 Å². The van der Waals surface area contributed by atoms with E-state index in [0.717, 1.165) is 66.5 Å². The second kappa shape index (κ2) is 8.15. The average Bonchev–Trinajstić information content (AvgIpc) is 3.74. The fourth-order valence-electron chi connectivity index (χ4n) is 5.15. The van der Waals surface area contributed by atoms with Gasteiger partial charge in [-0.1, -0.05) is 32.9 Å². The van der Waals surface area contributed by atoms with Crippen molar-refractivity contribution in [3.63, 3.8) is 0 Å². The maximum absolute atomic E-state index is 13.5. The molecule has 0 radical (unpaired) electrons. The first-order chi connectivity index (χ1) is 17.1. The number of para-hydroxylation sites is 2. The molecule has 2 aliphatic carbocycles. The molecule has 3 heterocycles. The van der Waals surface area contributed by atoms with Gasteiger partial charge in [0.1, 0.15) is 5.82 Å². The summed E-state index contributed by atoms with van der Waals surface area (Å²) in [5, 5.41) is 0.195. The molecule has 6 rings (SSSR count). The Hall–Kier alpha value is -2.71. The van der Waals surface area contributed by atoms with Crippen LogP contribution < -0.4 is 5.69 Å². The van der Waals surface area contributed by atoms with Crippen LogP contribution in [0.2, 0.25) is 18.1 Å². The van der Waals surface area contributed by atoms with Crippen LogP contribution in [0.3, 0.4) is 0 Å². The van der Waals surface area contributed by atoms with Crippen molar-refractivity contribution in [3.05, 3.63) is 59.0 Å².